The molecule has 0 aromatic carbocycles. The molecule has 4 heteroatoms. The Hall–Kier alpha value is -0.870. The van der Waals surface area contributed by atoms with Gasteiger partial charge < -0.3 is 14.8 Å². The first-order valence-corrected chi connectivity index (χ1v) is 3.54. The second kappa shape index (κ2) is 12.8. The Labute approximate surface area is 73.5 Å². The van der Waals surface area contributed by atoms with E-state index >= 15 is 0 Å². The van der Waals surface area contributed by atoms with Gasteiger partial charge in [0.25, 0.3) is 0 Å². The number of rotatable bonds is 4. The largest absolute Gasteiger partial charge is 0.382 e. The molecule has 0 aromatic rings. The van der Waals surface area contributed by atoms with Gasteiger partial charge >= 0.3 is 0 Å². The molecule has 72 valence electrons. The molecule has 0 aliphatic heterocycles. The molecular formula is C8H17NO3. The van der Waals surface area contributed by atoms with Crippen molar-refractivity contribution in [2.24, 2.45) is 0 Å². The lowest BCUT2D eigenvalue weighted by atomic mass is 10.6. The molecular weight excluding hydrogens is 158 g/mol. The van der Waals surface area contributed by atoms with Crippen molar-refractivity contribution < 1.29 is 14.3 Å². The quantitative estimate of drug-likeness (QED) is 0.490. The van der Waals surface area contributed by atoms with E-state index in [1.165, 1.54) is 6.08 Å². The minimum atomic E-state index is -0.144. The molecule has 0 aromatic heterocycles. The minimum Gasteiger partial charge on any atom is -0.382 e. The van der Waals surface area contributed by atoms with Gasteiger partial charge in [-0.15, -0.1) is 0 Å². The molecule has 1 N–H and O–H groups in total. The molecule has 0 bridgehead atoms. The van der Waals surface area contributed by atoms with Gasteiger partial charge in [-0.05, 0) is 6.08 Å². The first kappa shape index (κ1) is 13.7. The third-order valence-corrected chi connectivity index (χ3v) is 0.923. The molecule has 0 aliphatic carbocycles. The maximum absolute atomic E-state index is 9.95. The summed E-state index contributed by atoms with van der Waals surface area (Å²) in [6, 6.07) is 0. The molecule has 0 unspecified atom stereocenters. The molecule has 0 saturated carbocycles. The molecule has 0 fully saturated rings. The molecule has 0 aliphatic rings. The second-order valence-corrected chi connectivity index (χ2v) is 1.80. The van der Waals surface area contributed by atoms with Gasteiger partial charge in [0.15, 0.2) is 0 Å². The van der Waals surface area contributed by atoms with E-state index in [-0.39, 0.29) is 5.91 Å². The van der Waals surface area contributed by atoms with Crippen LogP contribution >= 0.6 is 0 Å². The Morgan fingerprint density at radius 3 is 1.92 bits per heavy atom. The number of amides is 1. The zero-order valence-electron chi connectivity index (χ0n) is 7.92. The van der Waals surface area contributed by atoms with Crippen LogP contribution in [0.1, 0.15) is 0 Å². The van der Waals surface area contributed by atoms with E-state index in [0.717, 1.165) is 0 Å². The zero-order valence-corrected chi connectivity index (χ0v) is 7.92. The first-order valence-electron chi connectivity index (χ1n) is 3.54. The number of ether oxygens (including phenoxy) is 2. The van der Waals surface area contributed by atoms with Crippen molar-refractivity contribution in [3.05, 3.63) is 12.7 Å². The number of carbonyl (C=O) groups excluding carboxylic acids is 1. The maximum atomic E-state index is 9.95. The summed E-state index contributed by atoms with van der Waals surface area (Å²) in [5.41, 5.74) is 0. The Balaban J connectivity index is 0. The zero-order chi connectivity index (χ0) is 9.82. The Morgan fingerprint density at radius 1 is 1.42 bits per heavy atom. The number of hydrogen-bond donors (Lipinski definition) is 1. The predicted octanol–water partition coefficient (Wildman–Crippen LogP) is 0.198. The molecule has 0 heterocycles. The number of carbonyl (C=O) groups is 1. The number of nitrogens with one attached hydrogen (secondary N) is 1. The van der Waals surface area contributed by atoms with Gasteiger partial charge in [-0.25, -0.2) is 0 Å². The number of methoxy groups -OCH3 is 2. The lowest BCUT2D eigenvalue weighted by Crippen LogP contribution is -2.13. The number of hydrogen-bond acceptors (Lipinski definition) is 3. The molecule has 0 saturated heterocycles. The van der Waals surface area contributed by atoms with Crippen LogP contribution < -0.4 is 5.32 Å². The fourth-order valence-corrected chi connectivity index (χ4v) is 0.269. The highest BCUT2D eigenvalue weighted by molar-refractivity contribution is 5.86. The fourth-order valence-electron chi connectivity index (χ4n) is 0.269. The van der Waals surface area contributed by atoms with Crippen molar-refractivity contribution in [2.75, 3.05) is 34.5 Å². The molecule has 1 amide bonds. The minimum absolute atomic E-state index is 0.144. The van der Waals surface area contributed by atoms with Gasteiger partial charge in [0.05, 0.1) is 13.2 Å². The van der Waals surface area contributed by atoms with Gasteiger partial charge in [-0.3, -0.25) is 4.79 Å². The monoisotopic (exact) mass is 175 g/mol. The van der Waals surface area contributed by atoms with E-state index in [1.54, 1.807) is 21.3 Å². The number of likely N-dealkylation sites (N-methyl/N-ethyl adjacent to an activating group) is 1. The lowest BCUT2D eigenvalue weighted by molar-refractivity contribution is -0.116. The molecule has 4 nitrogen and oxygen atoms in total. The van der Waals surface area contributed by atoms with Gasteiger partial charge in [0, 0.05) is 21.3 Å². The van der Waals surface area contributed by atoms with Crippen molar-refractivity contribution in [3.63, 3.8) is 0 Å². The molecule has 0 atom stereocenters. The molecule has 0 spiro atoms. The highest BCUT2D eigenvalue weighted by atomic mass is 16.5. The summed E-state index contributed by atoms with van der Waals surface area (Å²) >= 11 is 0. The highest BCUT2D eigenvalue weighted by Gasteiger charge is 1.78. The average molecular weight is 175 g/mol. The topological polar surface area (TPSA) is 47.6 Å². The van der Waals surface area contributed by atoms with E-state index in [0.29, 0.717) is 13.2 Å². The van der Waals surface area contributed by atoms with Crippen LogP contribution in [0.3, 0.4) is 0 Å². The van der Waals surface area contributed by atoms with Crippen molar-refractivity contribution in [1.82, 2.24) is 5.32 Å². The third kappa shape index (κ3) is 16.1. The standard InChI is InChI=1S/C4H7NO.C4H10O2/c1-3-4(6)5-2;1-5-3-4-6-2/h3H,1H2,2H3,(H,5,6);3-4H2,1-2H3. The summed E-state index contributed by atoms with van der Waals surface area (Å²) in [6.07, 6.45) is 1.22. The predicted molar refractivity (Wildman–Crippen MR) is 48.0 cm³/mol. The van der Waals surface area contributed by atoms with Crippen LogP contribution in [0.2, 0.25) is 0 Å². The highest BCUT2D eigenvalue weighted by Crippen LogP contribution is 1.65. The second-order valence-electron chi connectivity index (χ2n) is 1.80. The van der Waals surface area contributed by atoms with E-state index < -0.39 is 0 Å². The summed E-state index contributed by atoms with van der Waals surface area (Å²) in [5, 5.41) is 2.36. The van der Waals surface area contributed by atoms with E-state index in [2.05, 4.69) is 21.4 Å². The van der Waals surface area contributed by atoms with E-state index in [1.807, 2.05) is 0 Å². The normalized spacial score (nSPS) is 7.92. The first-order chi connectivity index (χ1) is 5.72. The van der Waals surface area contributed by atoms with Crippen molar-refractivity contribution in [1.29, 1.82) is 0 Å². The smallest absolute Gasteiger partial charge is 0.243 e. The van der Waals surface area contributed by atoms with Crippen molar-refractivity contribution >= 4 is 5.91 Å². The average Bonchev–Trinajstić information content (AvgIpc) is 2.14. The molecule has 12 heavy (non-hydrogen) atoms. The van der Waals surface area contributed by atoms with Crippen molar-refractivity contribution in [3.8, 4) is 0 Å². The van der Waals surface area contributed by atoms with Gasteiger partial charge in [0.2, 0.25) is 5.91 Å². The Morgan fingerprint density at radius 2 is 1.83 bits per heavy atom. The van der Waals surface area contributed by atoms with Crippen LogP contribution in [0.4, 0.5) is 0 Å². The van der Waals surface area contributed by atoms with Crippen LogP contribution in [0.5, 0.6) is 0 Å². The maximum Gasteiger partial charge on any atom is 0.243 e. The van der Waals surface area contributed by atoms with E-state index in [4.69, 9.17) is 0 Å². The summed E-state index contributed by atoms with van der Waals surface area (Å²) in [7, 11) is 4.86. The van der Waals surface area contributed by atoms with E-state index in [9.17, 15) is 4.79 Å². The summed E-state index contributed by atoms with van der Waals surface area (Å²) in [5.74, 6) is -0.144. The van der Waals surface area contributed by atoms with Crippen LogP contribution in [0.25, 0.3) is 0 Å². The molecule has 0 rings (SSSR count). The third-order valence-electron chi connectivity index (χ3n) is 0.923. The van der Waals surface area contributed by atoms with Crippen LogP contribution in [0.15, 0.2) is 12.7 Å². The SMILES string of the molecule is C=CC(=O)NC.COCCOC. The fraction of sp³-hybridized carbons (Fsp3) is 0.625. The van der Waals surface area contributed by atoms with Crippen LogP contribution in [-0.2, 0) is 14.3 Å². The van der Waals surface area contributed by atoms with Crippen molar-refractivity contribution in [2.45, 2.75) is 0 Å². The lowest BCUT2D eigenvalue weighted by Gasteiger charge is -1.91. The van der Waals surface area contributed by atoms with Gasteiger partial charge in [-0.2, -0.15) is 0 Å². The summed E-state index contributed by atoms with van der Waals surface area (Å²) in [4.78, 5) is 9.95. The molecule has 0 radical (unpaired) electrons. The van der Waals surface area contributed by atoms with Gasteiger partial charge in [0.1, 0.15) is 0 Å². The summed E-state index contributed by atoms with van der Waals surface area (Å²) in [6.45, 7) is 4.60. The summed E-state index contributed by atoms with van der Waals surface area (Å²) < 4.78 is 9.31. The Kier molecular flexibility index (Phi) is 14.6. The van der Waals surface area contributed by atoms with Crippen LogP contribution in [0, 0.1) is 0 Å². The Bertz CT molecular complexity index is 111. The van der Waals surface area contributed by atoms with Crippen LogP contribution in [-0.4, -0.2) is 40.4 Å². The van der Waals surface area contributed by atoms with Gasteiger partial charge in [-0.1, -0.05) is 6.58 Å².